The second-order valence-corrected chi connectivity index (χ2v) is 2.74. The van der Waals surface area contributed by atoms with Gasteiger partial charge in [-0.05, 0) is 24.1 Å². The zero-order valence-corrected chi connectivity index (χ0v) is 8.38. The van der Waals surface area contributed by atoms with E-state index in [0.717, 1.165) is 5.57 Å². The molecule has 0 unspecified atom stereocenters. The van der Waals surface area contributed by atoms with Crippen molar-refractivity contribution in [2.24, 2.45) is 0 Å². The van der Waals surface area contributed by atoms with E-state index in [1.165, 1.54) is 0 Å². The normalized spacial score (nSPS) is 12.0. The number of halogens is 1. The molecule has 0 spiro atoms. The lowest BCUT2D eigenvalue weighted by Crippen LogP contribution is -2.03. The van der Waals surface area contributed by atoms with Gasteiger partial charge in [0.1, 0.15) is 6.61 Å². The van der Waals surface area contributed by atoms with Gasteiger partial charge in [0.05, 0.1) is 6.61 Å². The van der Waals surface area contributed by atoms with E-state index in [1.54, 1.807) is 6.08 Å². The van der Waals surface area contributed by atoms with E-state index in [4.69, 9.17) is 16.3 Å². The van der Waals surface area contributed by atoms with Crippen LogP contribution in [-0.2, 0) is 9.53 Å². The molecule has 0 bridgehead atoms. The molecule has 0 aromatic carbocycles. The van der Waals surface area contributed by atoms with Crippen LogP contribution < -0.4 is 0 Å². The number of allylic oxidation sites excluding steroid dienone is 3. The summed E-state index contributed by atoms with van der Waals surface area (Å²) in [6.07, 6.45) is 7.32. The largest absolute Gasteiger partial charge is 0.368 e. The highest BCUT2D eigenvalue weighted by Crippen LogP contribution is 1.98. The molecule has 0 aliphatic rings. The predicted octanol–water partition coefficient (Wildman–Crippen LogP) is 2.46. The molecular formula is C10H13ClO2. The van der Waals surface area contributed by atoms with Gasteiger partial charge in [-0.1, -0.05) is 30.9 Å². The minimum Gasteiger partial charge on any atom is -0.368 e. The number of carbonyl (C=O) groups excluding carboxylic acids is 1. The Morgan fingerprint density at radius 3 is 2.69 bits per heavy atom. The minimum absolute atomic E-state index is 0.0669. The van der Waals surface area contributed by atoms with Crippen LogP contribution >= 0.6 is 11.6 Å². The fourth-order valence-corrected chi connectivity index (χ4v) is 0.721. The summed E-state index contributed by atoms with van der Waals surface area (Å²) < 4.78 is 4.99. The van der Waals surface area contributed by atoms with Gasteiger partial charge in [0.15, 0.2) is 0 Å². The van der Waals surface area contributed by atoms with Crippen LogP contribution in [0.2, 0.25) is 0 Å². The van der Waals surface area contributed by atoms with Crippen LogP contribution in [-0.4, -0.2) is 18.5 Å². The Kier molecular flexibility index (Phi) is 7.26. The van der Waals surface area contributed by atoms with Crippen LogP contribution in [0.1, 0.15) is 6.92 Å². The van der Waals surface area contributed by atoms with Gasteiger partial charge in [0.2, 0.25) is 5.24 Å². The van der Waals surface area contributed by atoms with Gasteiger partial charge < -0.3 is 4.74 Å². The second kappa shape index (κ2) is 7.77. The maximum atomic E-state index is 10.3. The van der Waals surface area contributed by atoms with Gasteiger partial charge in [-0.25, -0.2) is 0 Å². The number of hydrogen-bond acceptors (Lipinski definition) is 2. The maximum absolute atomic E-state index is 10.3. The van der Waals surface area contributed by atoms with Crippen molar-refractivity contribution in [3.8, 4) is 0 Å². The van der Waals surface area contributed by atoms with Crippen LogP contribution in [0.3, 0.4) is 0 Å². The molecule has 0 aromatic heterocycles. The van der Waals surface area contributed by atoms with E-state index in [0.29, 0.717) is 6.61 Å². The molecule has 0 aliphatic heterocycles. The number of rotatable bonds is 6. The lowest BCUT2D eigenvalue weighted by molar-refractivity contribution is -0.115. The molecule has 0 amide bonds. The molecule has 0 aliphatic carbocycles. The Bertz CT molecular complexity index is 229. The van der Waals surface area contributed by atoms with E-state index in [2.05, 4.69) is 6.58 Å². The maximum Gasteiger partial charge on any atom is 0.247 e. The van der Waals surface area contributed by atoms with E-state index in [9.17, 15) is 4.79 Å². The van der Waals surface area contributed by atoms with Crippen LogP contribution in [0.4, 0.5) is 0 Å². The van der Waals surface area contributed by atoms with Crippen molar-refractivity contribution in [3.05, 3.63) is 36.5 Å². The van der Waals surface area contributed by atoms with Crippen LogP contribution in [0.15, 0.2) is 36.5 Å². The number of carbonyl (C=O) groups is 1. The third kappa shape index (κ3) is 7.50. The average Bonchev–Trinajstić information content (AvgIpc) is 2.10. The molecule has 2 nitrogen and oxygen atoms in total. The average molecular weight is 201 g/mol. The zero-order valence-electron chi connectivity index (χ0n) is 7.63. The number of ether oxygens (including phenoxy) is 1. The lowest BCUT2D eigenvalue weighted by Gasteiger charge is -2.00. The van der Waals surface area contributed by atoms with E-state index in [1.807, 2.05) is 25.2 Å². The van der Waals surface area contributed by atoms with Gasteiger partial charge in [-0.15, -0.1) is 0 Å². The fourth-order valence-electron chi connectivity index (χ4n) is 0.644. The topological polar surface area (TPSA) is 26.3 Å². The molecule has 0 heterocycles. The minimum atomic E-state index is -0.491. The Morgan fingerprint density at radius 1 is 1.54 bits per heavy atom. The molecule has 72 valence electrons. The highest BCUT2D eigenvalue weighted by Gasteiger charge is 1.96. The summed E-state index contributed by atoms with van der Waals surface area (Å²) in [4.78, 5) is 10.3. The van der Waals surface area contributed by atoms with E-state index in [-0.39, 0.29) is 6.61 Å². The van der Waals surface area contributed by atoms with E-state index >= 15 is 0 Å². The first-order chi connectivity index (χ1) is 6.20. The van der Waals surface area contributed by atoms with Crippen molar-refractivity contribution in [2.45, 2.75) is 6.92 Å². The van der Waals surface area contributed by atoms with E-state index < -0.39 is 5.24 Å². The Hall–Kier alpha value is -0.860. The monoisotopic (exact) mass is 200 g/mol. The van der Waals surface area contributed by atoms with Crippen LogP contribution in [0.5, 0.6) is 0 Å². The van der Waals surface area contributed by atoms with Gasteiger partial charge in [0.25, 0.3) is 0 Å². The third-order valence-electron chi connectivity index (χ3n) is 1.25. The molecule has 0 atom stereocenters. The molecule has 3 heteroatoms. The molecular weight excluding hydrogens is 188 g/mol. The van der Waals surface area contributed by atoms with Crippen molar-refractivity contribution in [1.82, 2.24) is 0 Å². The molecule has 0 rings (SSSR count). The van der Waals surface area contributed by atoms with Crippen LogP contribution in [0.25, 0.3) is 0 Å². The van der Waals surface area contributed by atoms with Crippen molar-refractivity contribution in [1.29, 1.82) is 0 Å². The highest BCUT2D eigenvalue weighted by molar-refractivity contribution is 6.63. The standard InChI is InChI=1S/C10H13ClO2/c1-3-5-6-9(4-2)7-13-8-10(11)12/h3-6H,2,7-8H2,1H3/b5-3-,9-6+. The Balaban J connectivity index is 3.85. The van der Waals surface area contributed by atoms with Crippen molar-refractivity contribution in [3.63, 3.8) is 0 Å². The first-order valence-corrected chi connectivity index (χ1v) is 4.29. The van der Waals surface area contributed by atoms with Gasteiger partial charge in [0, 0.05) is 0 Å². The fraction of sp³-hybridized carbons (Fsp3) is 0.300. The van der Waals surface area contributed by atoms with Crippen molar-refractivity contribution >= 4 is 16.8 Å². The smallest absolute Gasteiger partial charge is 0.247 e. The van der Waals surface area contributed by atoms with Gasteiger partial charge >= 0.3 is 0 Å². The summed E-state index contributed by atoms with van der Waals surface area (Å²) in [6, 6.07) is 0. The first kappa shape index (κ1) is 12.1. The summed E-state index contributed by atoms with van der Waals surface area (Å²) >= 11 is 5.09. The van der Waals surface area contributed by atoms with Gasteiger partial charge in [-0.3, -0.25) is 4.79 Å². The predicted molar refractivity (Wildman–Crippen MR) is 54.8 cm³/mol. The lowest BCUT2D eigenvalue weighted by atomic mass is 10.2. The molecule has 0 saturated carbocycles. The molecule has 13 heavy (non-hydrogen) atoms. The molecule has 0 fully saturated rings. The molecule has 0 radical (unpaired) electrons. The van der Waals surface area contributed by atoms with Crippen molar-refractivity contribution < 1.29 is 9.53 Å². The summed E-state index contributed by atoms with van der Waals surface area (Å²) in [5.74, 6) is 0. The molecule has 0 saturated heterocycles. The summed E-state index contributed by atoms with van der Waals surface area (Å²) in [6.45, 7) is 5.82. The third-order valence-corrected chi connectivity index (χ3v) is 1.36. The SMILES string of the molecule is C=C/C(=C\C=C/C)COCC(=O)Cl. The Morgan fingerprint density at radius 2 is 2.23 bits per heavy atom. The summed E-state index contributed by atoms with van der Waals surface area (Å²) in [5, 5.41) is -0.491. The first-order valence-electron chi connectivity index (χ1n) is 3.91. The van der Waals surface area contributed by atoms with Crippen molar-refractivity contribution in [2.75, 3.05) is 13.2 Å². The number of hydrogen-bond donors (Lipinski definition) is 0. The summed E-state index contributed by atoms with van der Waals surface area (Å²) in [5.41, 5.74) is 0.913. The summed E-state index contributed by atoms with van der Waals surface area (Å²) in [7, 11) is 0. The highest BCUT2D eigenvalue weighted by atomic mass is 35.5. The Labute approximate surface area is 83.5 Å². The second-order valence-electron chi connectivity index (χ2n) is 2.32. The quantitative estimate of drug-likeness (QED) is 0.486. The molecule has 0 aromatic rings. The zero-order chi connectivity index (χ0) is 10.1. The van der Waals surface area contributed by atoms with Gasteiger partial charge in [-0.2, -0.15) is 0 Å². The molecule has 0 N–H and O–H groups in total. The van der Waals surface area contributed by atoms with Crippen LogP contribution in [0, 0.1) is 0 Å².